The van der Waals surface area contributed by atoms with Crippen molar-refractivity contribution in [3.05, 3.63) is 58.6 Å². The van der Waals surface area contributed by atoms with Gasteiger partial charge in [-0.2, -0.15) is 0 Å². The first-order valence-corrected chi connectivity index (χ1v) is 7.37. The molecule has 0 N–H and O–H groups in total. The van der Waals surface area contributed by atoms with Crippen LogP contribution >= 0.6 is 23.4 Å². The lowest BCUT2D eigenvalue weighted by Gasteiger charge is -2.08. The summed E-state index contributed by atoms with van der Waals surface area (Å²) in [6.07, 6.45) is 0.904. The van der Waals surface area contributed by atoms with Gasteiger partial charge in [0.2, 0.25) is 0 Å². The molecule has 0 aromatic heterocycles. The lowest BCUT2D eigenvalue weighted by Crippen LogP contribution is -1.94. The van der Waals surface area contributed by atoms with Crippen molar-refractivity contribution in [1.82, 2.24) is 0 Å². The topological polar surface area (TPSA) is 17.1 Å². The maximum absolute atomic E-state index is 11.6. The number of carbonyl (C=O) groups is 1. The van der Waals surface area contributed by atoms with Gasteiger partial charge >= 0.3 is 0 Å². The predicted molar refractivity (Wildman–Crippen MR) is 81.4 cm³/mol. The Kier molecular flexibility index (Phi) is 4.67. The van der Waals surface area contributed by atoms with Crippen LogP contribution in [-0.2, 0) is 6.42 Å². The Hall–Kier alpha value is -1.25. The minimum absolute atomic E-state index is 0.0905. The normalized spacial score (nSPS) is 10.5. The molecule has 2 aromatic carbocycles. The Morgan fingerprint density at radius 2 is 1.95 bits per heavy atom. The van der Waals surface area contributed by atoms with E-state index >= 15 is 0 Å². The molecule has 0 bridgehead atoms. The van der Waals surface area contributed by atoms with Crippen molar-refractivity contribution >= 4 is 29.1 Å². The van der Waals surface area contributed by atoms with Crippen LogP contribution in [0.1, 0.15) is 29.8 Å². The lowest BCUT2D eigenvalue weighted by molar-refractivity contribution is 0.101. The van der Waals surface area contributed by atoms with Gasteiger partial charge in [-0.3, -0.25) is 4.79 Å². The molecule has 0 aliphatic rings. The van der Waals surface area contributed by atoms with Crippen LogP contribution in [0, 0.1) is 0 Å². The lowest BCUT2D eigenvalue weighted by atomic mass is 10.1. The van der Waals surface area contributed by atoms with E-state index in [4.69, 9.17) is 11.6 Å². The standard InChI is InChI=1S/C16H15ClOS/c1-3-12-10-13(8-9-15(12)17)19-16-7-5-4-6-14(16)11(2)18/h4-10H,3H2,1-2H3. The van der Waals surface area contributed by atoms with Gasteiger partial charge in [0.25, 0.3) is 0 Å². The molecular weight excluding hydrogens is 276 g/mol. The van der Waals surface area contributed by atoms with Gasteiger partial charge in [0, 0.05) is 20.4 Å². The number of halogens is 1. The number of ketones is 1. The Labute approximate surface area is 123 Å². The molecule has 0 spiro atoms. The van der Waals surface area contributed by atoms with Crippen molar-refractivity contribution in [3.8, 4) is 0 Å². The summed E-state index contributed by atoms with van der Waals surface area (Å²) in [6, 6.07) is 13.7. The van der Waals surface area contributed by atoms with Gasteiger partial charge in [0.15, 0.2) is 5.78 Å². The summed E-state index contributed by atoms with van der Waals surface area (Å²) in [7, 11) is 0. The summed E-state index contributed by atoms with van der Waals surface area (Å²) in [6.45, 7) is 3.68. The second kappa shape index (κ2) is 6.27. The zero-order chi connectivity index (χ0) is 13.8. The number of hydrogen-bond donors (Lipinski definition) is 0. The molecule has 2 rings (SSSR count). The largest absolute Gasteiger partial charge is 0.294 e. The summed E-state index contributed by atoms with van der Waals surface area (Å²) < 4.78 is 0. The van der Waals surface area contributed by atoms with E-state index in [0.29, 0.717) is 0 Å². The average Bonchev–Trinajstić information content (AvgIpc) is 2.41. The third-order valence-corrected chi connectivity index (χ3v) is 4.33. The zero-order valence-corrected chi connectivity index (χ0v) is 12.5. The van der Waals surface area contributed by atoms with Crippen LogP contribution in [0.15, 0.2) is 52.3 Å². The molecule has 0 saturated carbocycles. The van der Waals surface area contributed by atoms with E-state index < -0.39 is 0 Å². The molecule has 0 aliphatic heterocycles. The van der Waals surface area contributed by atoms with Crippen molar-refractivity contribution in [2.45, 2.75) is 30.1 Å². The molecule has 0 radical (unpaired) electrons. The molecule has 19 heavy (non-hydrogen) atoms. The SMILES string of the molecule is CCc1cc(Sc2ccccc2C(C)=O)ccc1Cl. The highest BCUT2D eigenvalue weighted by atomic mass is 35.5. The molecular formula is C16H15ClOS. The third-order valence-electron chi connectivity index (χ3n) is 2.89. The molecule has 0 amide bonds. The van der Waals surface area contributed by atoms with E-state index in [1.807, 2.05) is 36.4 Å². The van der Waals surface area contributed by atoms with Gasteiger partial charge < -0.3 is 0 Å². The number of benzene rings is 2. The quantitative estimate of drug-likeness (QED) is 0.715. The number of carbonyl (C=O) groups excluding carboxylic acids is 1. The first-order valence-electron chi connectivity index (χ1n) is 6.18. The molecule has 1 nitrogen and oxygen atoms in total. The highest BCUT2D eigenvalue weighted by Gasteiger charge is 2.08. The predicted octanol–water partition coefficient (Wildman–Crippen LogP) is 5.26. The summed E-state index contributed by atoms with van der Waals surface area (Å²) >= 11 is 7.72. The molecule has 0 heterocycles. The van der Waals surface area contributed by atoms with Crippen LogP contribution in [0.4, 0.5) is 0 Å². The van der Waals surface area contributed by atoms with Crippen LogP contribution < -0.4 is 0 Å². The molecule has 0 aliphatic carbocycles. The van der Waals surface area contributed by atoms with Crippen LogP contribution in [0.3, 0.4) is 0 Å². The molecule has 0 fully saturated rings. The van der Waals surface area contributed by atoms with Gasteiger partial charge in [-0.25, -0.2) is 0 Å². The Bertz CT molecular complexity index is 607. The number of rotatable bonds is 4. The first-order chi connectivity index (χ1) is 9.11. The van der Waals surface area contributed by atoms with E-state index in [-0.39, 0.29) is 5.78 Å². The second-order valence-electron chi connectivity index (χ2n) is 4.26. The number of aryl methyl sites for hydroxylation is 1. The average molecular weight is 291 g/mol. The van der Waals surface area contributed by atoms with Gasteiger partial charge in [-0.15, -0.1) is 0 Å². The molecule has 2 aromatic rings. The van der Waals surface area contributed by atoms with E-state index in [1.165, 1.54) is 0 Å². The molecule has 0 saturated heterocycles. The number of Topliss-reactive ketones (excluding diaryl/α,β-unsaturated/α-hetero) is 1. The summed E-state index contributed by atoms with van der Waals surface area (Å²) in [5.74, 6) is 0.0905. The fourth-order valence-electron chi connectivity index (χ4n) is 1.86. The van der Waals surface area contributed by atoms with Crippen LogP contribution in [0.5, 0.6) is 0 Å². The molecule has 98 valence electrons. The third kappa shape index (κ3) is 3.40. The van der Waals surface area contributed by atoms with E-state index in [0.717, 1.165) is 32.4 Å². The van der Waals surface area contributed by atoms with Crippen molar-refractivity contribution in [2.24, 2.45) is 0 Å². The smallest absolute Gasteiger partial charge is 0.160 e. The maximum Gasteiger partial charge on any atom is 0.160 e. The van der Waals surface area contributed by atoms with Crippen molar-refractivity contribution in [1.29, 1.82) is 0 Å². The minimum atomic E-state index is 0.0905. The second-order valence-corrected chi connectivity index (χ2v) is 5.78. The molecule has 3 heteroatoms. The van der Waals surface area contributed by atoms with Gasteiger partial charge in [0.1, 0.15) is 0 Å². The number of hydrogen-bond acceptors (Lipinski definition) is 2. The minimum Gasteiger partial charge on any atom is -0.294 e. The maximum atomic E-state index is 11.6. The van der Waals surface area contributed by atoms with Crippen molar-refractivity contribution < 1.29 is 4.79 Å². The monoisotopic (exact) mass is 290 g/mol. The van der Waals surface area contributed by atoms with E-state index in [2.05, 4.69) is 13.0 Å². The summed E-state index contributed by atoms with van der Waals surface area (Å²) in [5.41, 5.74) is 1.90. The van der Waals surface area contributed by atoms with Crippen LogP contribution in [0.2, 0.25) is 5.02 Å². The van der Waals surface area contributed by atoms with Crippen molar-refractivity contribution in [2.75, 3.05) is 0 Å². The fourth-order valence-corrected chi connectivity index (χ4v) is 3.17. The highest BCUT2D eigenvalue weighted by molar-refractivity contribution is 7.99. The molecule has 0 unspecified atom stereocenters. The molecule has 0 atom stereocenters. The van der Waals surface area contributed by atoms with Crippen LogP contribution in [0.25, 0.3) is 0 Å². The van der Waals surface area contributed by atoms with Gasteiger partial charge in [-0.05, 0) is 43.2 Å². The Morgan fingerprint density at radius 3 is 2.63 bits per heavy atom. The van der Waals surface area contributed by atoms with Crippen LogP contribution in [-0.4, -0.2) is 5.78 Å². The Balaban J connectivity index is 2.34. The van der Waals surface area contributed by atoms with Gasteiger partial charge in [-0.1, -0.05) is 48.5 Å². The van der Waals surface area contributed by atoms with E-state index in [1.54, 1.807) is 18.7 Å². The zero-order valence-electron chi connectivity index (χ0n) is 10.9. The first kappa shape index (κ1) is 14.2. The summed E-state index contributed by atoms with van der Waals surface area (Å²) in [5, 5.41) is 0.798. The summed E-state index contributed by atoms with van der Waals surface area (Å²) in [4.78, 5) is 13.7. The highest BCUT2D eigenvalue weighted by Crippen LogP contribution is 2.32. The van der Waals surface area contributed by atoms with E-state index in [9.17, 15) is 4.79 Å². The Morgan fingerprint density at radius 1 is 1.21 bits per heavy atom. The van der Waals surface area contributed by atoms with Gasteiger partial charge in [0.05, 0.1) is 0 Å². The fraction of sp³-hybridized carbons (Fsp3) is 0.188. The van der Waals surface area contributed by atoms with Crippen molar-refractivity contribution in [3.63, 3.8) is 0 Å².